The lowest BCUT2D eigenvalue weighted by Crippen LogP contribution is -2.43. The smallest absolute Gasteiger partial charge is 0.0620 e. The van der Waals surface area contributed by atoms with Crippen LogP contribution in [0.15, 0.2) is 0 Å². The van der Waals surface area contributed by atoms with E-state index in [1.165, 1.54) is 0 Å². The zero-order valence-electron chi connectivity index (χ0n) is 9.67. The molecule has 86 valence electrons. The van der Waals surface area contributed by atoms with Gasteiger partial charge in [-0.3, -0.25) is 4.90 Å². The number of hydrogen-bond donors (Lipinski definition) is 1. The zero-order chi connectivity index (χ0) is 10.9. The van der Waals surface area contributed by atoms with Crippen molar-refractivity contribution in [1.29, 1.82) is 0 Å². The fraction of sp³-hybridized carbons (Fsp3) is 0.833. The third-order valence-corrected chi connectivity index (χ3v) is 2.65. The van der Waals surface area contributed by atoms with E-state index >= 15 is 0 Å². The van der Waals surface area contributed by atoms with Gasteiger partial charge in [0.1, 0.15) is 0 Å². The molecular formula is C12H22N2O. The summed E-state index contributed by atoms with van der Waals surface area (Å²) in [4.78, 5) is 2.33. The van der Waals surface area contributed by atoms with Crippen LogP contribution < -0.4 is 5.32 Å². The van der Waals surface area contributed by atoms with Crippen molar-refractivity contribution in [3.8, 4) is 12.3 Å². The molecule has 1 saturated heterocycles. The van der Waals surface area contributed by atoms with Gasteiger partial charge in [0.05, 0.1) is 19.8 Å². The molecular weight excluding hydrogens is 188 g/mol. The molecule has 1 atom stereocenters. The average molecular weight is 210 g/mol. The fourth-order valence-electron chi connectivity index (χ4n) is 1.86. The molecule has 1 aliphatic rings. The fourth-order valence-corrected chi connectivity index (χ4v) is 1.86. The van der Waals surface area contributed by atoms with Crippen LogP contribution in [-0.2, 0) is 4.74 Å². The molecule has 0 spiro atoms. The van der Waals surface area contributed by atoms with Crippen LogP contribution in [0.1, 0.15) is 19.8 Å². The first-order valence-corrected chi connectivity index (χ1v) is 5.83. The number of morpholine rings is 1. The molecule has 1 N–H and O–H groups in total. The quantitative estimate of drug-likeness (QED) is 0.654. The minimum Gasteiger partial charge on any atom is -0.379 e. The van der Waals surface area contributed by atoms with Gasteiger partial charge in [0.15, 0.2) is 0 Å². The van der Waals surface area contributed by atoms with Gasteiger partial charge in [0, 0.05) is 19.1 Å². The topological polar surface area (TPSA) is 24.5 Å². The third kappa shape index (κ3) is 5.17. The second-order valence-electron chi connectivity index (χ2n) is 3.99. The van der Waals surface area contributed by atoms with Gasteiger partial charge in [0.2, 0.25) is 0 Å². The molecule has 0 aromatic carbocycles. The molecule has 0 amide bonds. The molecule has 0 bridgehead atoms. The van der Waals surface area contributed by atoms with E-state index < -0.39 is 0 Å². The molecule has 0 saturated carbocycles. The third-order valence-electron chi connectivity index (χ3n) is 2.65. The Kier molecular flexibility index (Phi) is 6.42. The highest BCUT2D eigenvalue weighted by Gasteiger charge is 2.13. The summed E-state index contributed by atoms with van der Waals surface area (Å²) in [6.07, 6.45) is 7.63. The molecule has 15 heavy (non-hydrogen) atoms. The lowest BCUT2D eigenvalue weighted by atomic mass is 10.2. The van der Waals surface area contributed by atoms with Crippen molar-refractivity contribution in [3.63, 3.8) is 0 Å². The van der Waals surface area contributed by atoms with Crippen molar-refractivity contribution in [2.75, 3.05) is 39.4 Å². The van der Waals surface area contributed by atoms with Crippen molar-refractivity contribution in [2.24, 2.45) is 0 Å². The van der Waals surface area contributed by atoms with Gasteiger partial charge in [-0.1, -0.05) is 12.8 Å². The standard InChI is InChI=1S/C12H22N2O/c1-3-7-14(8-4-2)9-5-12-11-15-10-6-13-12/h1,12-13H,4-11H2,2H3. The minimum absolute atomic E-state index is 0.510. The van der Waals surface area contributed by atoms with Crippen molar-refractivity contribution in [1.82, 2.24) is 10.2 Å². The number of ether oxygens (including phenoxy) is 1. The van der Waals surface area contributed by atoms with Gasteiger partial charge in [0.25, 0.3) is 0 Å². The number of rotatable bonds is 6. The lowest BCUT2D eigenvalue weighted by molar-refractivity contribution is 0.0705. The summed E-state index contributed by atoms with van der Waals surface area (Å²) in [6.45, 7) is 7.78. The monoisotopic (exact) mass is 210 g/mol. The predicted molar refractivity (Wildman–Crippen MR) is 62.8 cm³/mol. The summed E-state index contributed by atoms with van der Waals surface area (Å²) in [5, 5.41) is 3.46. The van der Waals surface area contributed by atoms with Crippen LogP contribution >= 0.6 is 0 Å². The van der Waals surface area contributed by atoms with E-state index in [1.807, 2.05) is 0 Å². The van der Waals surface area contributed by atoms with E-state index in [4.69, 9.17) is 11.2 Å². The van der Waals surface area contributed by atoms with E-state index in [9.17, 15) is 0 Å². The Balaban J connectivity index is 2.16. The maximum Gasteiger partial charge on any atom is 0.0620 e. The Hall–Kier alpha value is -0.560. The minimum atomic E-state index is 0.510. The van der Waals surface area contributed by atoms with Crippen molar-refractivity contribution in [2.45, 2.75) is 25.8 Å². The maximum absolute atomic E-state index is 5.41. The molecule has 1 heterocycles. The molecule has 3 heteroatoms. The summed E-state index contributed by atoms with van der Waals surface area (Å²) in [7, 11) is 0. The maximum atomic E-state index is 5.41. The predicted octanol–water partition coefficient (Wildman–Crippen LogP) is 0.710. The summed E-state index contributed by atoms with van der Waals surface area (Å²) < 4.78 is 5.41. The first kappa shape index (κ1) is 12.5. The second-order valence-corrected chi connectivity index (χ2v) is 3.99. The molecule has 3 nitrogen and oxygen atoms in total. The molecule has 0 aromatic heterocycles. The molecule has 1 aliphatic heterocycles. The van der Waals surface area contributed by atoms with Crippen LogP contribution in [0.5, 0.6) is 0 Å². The molecule has 0 aliphatic carbocycles. The lowest BCUT2D eigenvalue weighted by Gasteiger charge is -2.26. The van der Waals surface area contributed by atoms with E-state index in [2.05, 4.69) is 23.1 Å². The normalized spacial score (nSPS) is 21.5. The number of terminal acetylenes is 1. The highest BCUT2D eigenvalue weighted by Crippen LogP contribution is 2.01. The molecule has 1 unspecified atom stereocenters. The Morgan fingerprint density at radius 1 is 1.53 bits per heavy atom. The van der Waals surface area contributed by atoms with Crippen LogP contribution in [-0.4, -0.2) is 50.3 Å². The van der Waals surface area contributed by atoms with Crippen molar-refractivity contribution in [3.05, 3.63) is 0 Å². The van der Waals surface area contributed by atoms with E-state index in [0.29, 0.717) is 6.04 Å². The molecule has 1 fully saturated rings. The summed E-state index contributed by atoms with van der Waals surface area (Å²) >= 11 is 0. The Labute approximate surface area is 93.2 Å². The Bertz CT molecular complexity index is 194. The molecule has 1 rings (SSSR count). The van der Waals surface area contributed by atoms with Crippen molar-refractivity contribution >= 4 is 0 Å². The summed E-state index contributed by atoms with van der Waals surface area (Å²) in [6, 6.07) is 0.510. The SMILES string of the molecule is C#CCN(CCC)CCC1COCCN1. The van der Waals surface area contributed by atoms with E-state index in [-0.39, 0.29) is 0 Å². The number of nitrogens with one attached hydrogen (secondary N) is 1. The van der Waals surface area contributed by atoms with Crippen LogP contribution in [0.25, 0.3) is 0 Å². The first-order chi connectivity index (χ1) is 7.36. The summed E-state index contributed by atoms with van der Waals surface area (Å²) in [5.74, 6) is 2.71. The zero-order valence-corrected chi connectivity index (χ0v) is 9.67. The van der Waals surface area contributed by atoms with Gasteiger partial charge in [-0.25, -0.2) is 0 Å². The summed E-state index contributed by atoms with van der Waals surface area (Å²) in [5.41, 5.74) is 0. The van der Waals surface area contributed by atoms with Crippen LogP contribution in [0.3, 0.4) is 0 Å². The van der Waals surface area contributed by atoms with Gasteiger partial charge < -0.3 is 10.1 Å². The number of nitrogens with zero attached hydrogens (tertiary/aromatic N) is 1. The Morgan fingerprint density at radius 3 is 3.00 bits per heavy atom. The van der Waals surface area contributed by atoms with Gasteiger partial charge in [-0.15, -0.1) is 6.42 Å². The van der Waals surface area contributed by atoms with Crippen LogP contribution in [0.4, 0.5) is 0 Å². The first-order valence-electron chi connectivity index (χ1n) is 5.83. The van der Waals surface area contributed by atoms with Crippen molar-refractivity contribution < 1.29 is 4.74 Å². The van der Waals surface area contributed by atoms with Gasteiger partial charge in [-0.05, 0) is 19.4 Å². The number of hydrogen-bond acceptors (Lipinski definition) is 3. The van der Waals surface area contributed by atoms with Crippen LogP contribution in [0, 0.1) is 12.3 Å². The second kappa shape index (κ2) is 7.70. The van der Waals surface area contributed by atoms with E-state index in [1.54, 1.807) is 0 Å². The van der Waals surface area contributed by atoms with Gasteiger partial charge in [-0.2, -0.15) is 0 Å². The molecule has 0 aromatic rings. The average Bonchev–Trinajstić information content (AvgIpc) is 2.28. The van der Waals surface area contributed by atoms with Crippen LogP contribution in [0.2, 0.25) is 0 Å². The van der Waals surface area contributed by atoms with Gasteiger partial charge >= 0.3 is 0 Å². The molecule has 0 radical (unpaired) electrons. The Morgan fingerprint density at radius 2 is 2.40 bits per heavy atom. The largest absolute Gasteiger partial charge is 0.379 e. The highest BCUT2D eigenvalue weighted by molar-refractivity contribution is 4.88. The highest BCUT2D eigenvalue weighted by atomic mass is 16.5. The van der Waals surface area contributed by atoms with E-state index in [0.717, 1.165) is 52.2 Å².